The zero-order chi connectivity index (χ0) is 49.8. The first-order chi connectivity index (χ1) is 31.8. The Balaban J connectivity index is 1.13. The van der Waals surface area contributed by atoms with Gasteiger partial charge in [0.25, 0.3) is 0 Å². The lowest BCUT2D eigenvalue weighted by Gasteiger charge is -2.71. The van der Waals surface area contributed by atoms with Gasteiger partial charge in [0.05, 0.1) is 41.9 Å². The molecular formula is C57H91ClO10. The maximum absolute atomic E-state index is 14.1. The highest BCUT2D eigenvalue weighted by molar-refractivity contribution is 6.64. The van der Waals surface area contributed by atoms with Crippen molar-refractivity contribution in [3.05, 3.63) is 11.6 Å². The number of methoxy groups -OCH3 is 1. The van der Waals surface area contributed by atoms with Crippen LogP contribution in [0.1, 0.15) is 168 Å². The Hall–Kier alpha value is -1.24. The molecule has 10 nitrogen and oxygen atoms in total. The smallest absolute Gasteiger partial charge is 0.231 e. The van der Waals surface area contributed by atoms with Gasteiger partial charge in [0.15, 0.2) is 24.7 Å². The molecule has 3 aliphatic heterocycles. The third kappa shape index (κ3) is 8.15. The van der Waals surface area contributed by atoms with Crippen LogP contribution in [0.25, 0.3) is 0 Å². The number of halogens is 1. The number of Topliss-reactive ketones (excluding diaryl/α,β-unsaturated/α-hetero) is 1. The molecule has 68 heavy (non-hydrogen) atoms. The van der Waals surface area contributed by atoms with Crippen LogP contribution in [-0.4, -0.2) is 86.5 Å². The van der Waals surface area contributed by atoms with Gasteiger partial charge in [-0.05, 0) is 146 Å². The van der Waals surface area contributed by atoms with Crippen LogP contribution in [0.4, 0.5) is 0 Å². The van der Waals surface area contributed by atoms with Gasteiger partial charge in [-0.1, -0.05) is 109 Å². The van der Waals surface area contributed by atoms with Gasteiger partial charge in [-0.25, -0.2) is 0 Å². The lowest BCUT2D eigenvalue weighted by Crippen LogP contribution is -2.68. The summed E-state index contributed by atoms with van der Waals surface area (Å²) in [7, 11) is 1.77. The van der Waals surface area contributed by atoms with Crippen molar-refractivity contribution < 1.29 is 47.5 Å². The fourth-order valence-corrected chi connectivity index (χ4v) is 17.3. The average molecular weight is 972 g/mol. The van der Waals surface area contributed by atoms with E-state index < -0.39 is 54.1 Å². The van der Waals surface area contributed by atoms with Gasteiger partial charge in [-0.15, -0.1) is 0 Å². The van der Waals surface area contributed by atoms with Crippen LogP contribution < -0.4 is 0 Å². The Morgan fingerprint density at radius 2 is 1.43 bits per heavy atom. The normalized spacial score (nSPS) is 53.4. The minimum atomic E-state index is -1.01. The molecule has 7 fully saturated rings. The van der Waals surface area contributed by atoms with Crippen LogP contribution in [-0.2, 0) is 47.5 Å². The Morgan fingerprint density at radius 3 is 2.06 bits per heavy atom. The molecule has 0 spiro atoms. The van der Waals surface area contributed by atoms with Gasteiger partial charge in [0.1, 0.15) is 18.5 Å². The molecule has 4 saturated carbocycles. The van der Waals surface area contributed by atoms with Crippen molar-refractivity contribution in [2.75, 3.05) is 13.7 Å². The fraction of sp³-hybridized carbons (Fsp3) is 0.912. The number of hydrogen-bond acceptors (Lipinski definition) is 10. The third-order valence-corrected chi connectivity index (χ3v) is 22.8. The molecule has 0 aromatic heterocycles. The molecule has 0 radical (unpaired) electrons. The van der Waals surface area contributed by atoms with E-state index in [-0.39, 0.29) is 80.4 Å². The lowest BCUT2D eigenvalue weighted by atomic mass is 9.33. The molecule has 3 saturated heterocycles. The summed E-state index contributed by atoms with van der Waals surface area (Å²) in [5, 5.41) is -0.247. The van der Waals surface area contributed by atoms with Gasteiger partial charge >= 0.3 is 0 Å². The first-order valence-corrected chi connectivity index (χ1v) is 27.5. The van der Waals surface area contributed by atoms with Crippen LogP contribution in [0.15, 0.2) is 11.6 Å². The van der Waals surface area contributed by atoms with Crippen molar-refractivity contribution in [3.63, 3.8) is 0 Å². The second kappa shape index (κ2) is 18.9. The van der Waals surface area contributed by atoms with E-state index in [9.17, 15) is 14.4 Å². The van der Waals surface area contributed by atoms with Crippen molar-refractivity contribution in [2.24, 2.45) is 91.7 Å². The molecule has 3 heterocycles. The van der Waals surface area contributed by atoms with E-state index in [2.05, 4.69) is 96.1 Å². The Kier molecular flexibility index (Phi) is 14.8. The summed E-state index contributed by atoms with van der Waals surface area (Å²) in [5.74, 6) is 1.46. The molecule has 24 atom stereocenters. The molecule has 5 aliphatic carbocycles. The van der Waals surface area contributed by atoms with Crippen LogP contribution in [0.3, 0.4) is 0 Å². The van der Waals surface area contributed by atoms with Crippen molar-refractivity contribution >= 4 is 28.9 Å². The summed E-state index contributed by atoms with van der Waals surface area (Å²) in [4.78, 5) is 41.5. The summed E-state index contributed by atoms with van der Waals surface area (Å²) >= 11 is 6.72. The molecule has 386 valence electrons. The number of fused-ring (bicyclic) bond motifs is 7. The summed E-state index contributed by atoms with van der Waals surface area (Å²) in [5.41, 5.74) is -0.635. The zero-order valence-corrected chi connectivity index (χ0v) is 45.6. The van der Waals surface area contributed by atoms with Crippen molar-refractivity contribution in [1.29, 1.82) is 0 Å². The van der Waals surface area contributed by atoms with Gasteiger partial charge in [0, 0.05) is 24.9 Å². The van der Waals surface area contributed by atoms with Crippen LogP contribution in [0, 0.1) is 91.7 Å². The number of ether oxygens (including phenoxy) is 7. The Bertz CT molecular complexity index is 1920. The van der Waals surface area contributed by atoms with Gasteiger partial charge in [-0.2, -0.15) is 0 Å². The number of hydrogen-bond donors (Lipinski definition) is 0. The maximum Gasteiger partial charge on any atom is 0.231 e. The SMILES string of the molecule is CCC1O[C@@H](OC2[C@H](O[C@H]3CCC4(C)C5CC=C6C7CC(C)(C)CC[C@]7(C(=O)Cl)[C@@H](OC)C[C@@]6(C)C5(C)CC[C@H]4[C@@]3(C)C=O)OC(C(C)=O)[C@@H](C)[C@@H]2O[C@@H]2OC[C@@H](C)[C@H](C)C2C)C(C)[C@@H](C)[C@H]1C. The highest BCUT2D eigenvalue weighted by atomic mass is 35.5. The second-order valence-electron chi connectivity index (χ2n) is 26.1. The van der Waals surface area contributed by atoms with Gasteiger partial charge in [-0.3, -0.25) is 9.59 Å². The predicted octanol–water partition coefficient (Wildman–Crippen LogP) is 11.8. The summed E-state index contributed by atoms with van der Waals surface area (Å²) in [6, 6.07) is 0. The molecule has 0 aromatic rings. The summed E-state index contributed by atoms with van der Waals surface area (Å²) < 4.78 is 48.3. The molecule has 11 heteroatoms. The van der Waals surface area contributed by atoms with E-state index in [1.807, 2.05) is 6.92 Å². The first-order valence-electron chi connectivity index (χ1n) is 27.1. The van der Waals surface area contributed by atoms with Gasteiger partial charge < -0.3 is 38.0 Å². The first kappa shape index (κ1) is 53.1. The largest absolute Gasteiger partial charge is 0.380 e. The standard InChI is InChI=1S/C57H91ClO10/c1-17-40-33(5)32(4)35(7)49(64-40)68-47-46(67-48-34(6)31(3)30(2)28-63-48)36(8)45(37(9)60)66-50(47)65-43-21-22-53(12)41(54(43,13)29-59)20-23-55(14)42(53)19-18-38-39-26-52(10,11)24-25-57(39,51(58)61)44(62-16)27-56(38,55)15/h18,29-36,39-50H,17,19-28H2,1-16H3/t30-,31+,32+,33-,34?,35?,36-,39?,40?,41-,42?,43+,44+,45?,46+,47?,48+,49+,50-,53?,54-,55?,56-,57-/m1/s1. The maximum atomic E-state index is 14.1. The highest BCUT2D eigenvalue weighted by Gasteiger charge is 2.72. The lowest BCUT2D eigenvalue weighted by molar-refractivity contribution is -0.374. The van der Waals surface area contributed by atoms with Gasteiger partial charge in [0.2, 0.25) is 5.24 Å². The highest BCUT2D eigenvalue weighted by Crippen LogP contribution is 2.76. The quantitative estimate of drug-likeness (QED) is 0.0858. The second-order valence-corrected chi connectivity index (χ2v) is 26.5. The number of allylic oxidation sites excluding steroid dienone is 2. The summed E-state index contributed by atoms with van der Waals surface area (Å²) in [6.45, 7) is 34.0. The van der Waals surface area contributed by atoms with E-state index in [1.165, 1.54) is 11.9 Å². The topological polar surface area (TPSA) is 116 Å². The van der Waals surface area contributed by atoms with E-state index in [1.54, 1.807) is 14.0 Å². The zero-order valence-electron chi connectivity index (χ0n) is 44.9. The Labute approximate surface area is 415 Å². The van der Waals surface area contributed by atoms with E-state index in [0.29, 0.717) is 36.7 Å². The molecule has 9 unspecified atom stereocenters. The molecular weight excluding hydrogens is 880 g/mol. The monoisotopic (exact) mass is 971 g/mol. The number of aldehydes is 1. The number of rotatable bonds is 11. The minimum absolute atomic E-state index is 0.0219. The van der Waals surface area contributed by atoms with Crippen LogP contribution >= 0.6 is 11.6 Å². The third-order valence-electron chi connectivity index (χ3n) is 22.4. The molecule has 0 N–H and O–H groups in total. The molecule has 0 amide bonds. The molecule has 8 aliphatic rings. The number of carbonyl (C=O) groups is 3. The van der Waals surface area contributed by atoms with Crippen LogP contribution in [0.2, 0.25) is 0 Å². The van der Waals surface area contributed by atoms with E-state index >= 15 is 0 Å². The predicted molar refractivity (Wildman–Crippen MR) is 263 cm³/mol. The number of ketones is 1. The van der Waals surface area contributed by atoms with Crippen LogP contribution in [0.5, 0.6) is 0 Å². The fourth-order valence-electron chi connectivity index (χ4n) is 17.0. The minimum Gasteiger partial charge on any atom is -0.380 e. The van der Waals surface area contributed by atoms with Crippen molar-refractivity contribution in [3.8, 4) is 0 Å². The number of carbonyl (C=O) groups excluding carboxylic acids is 3. The average Bonchev–Trinajstić information content (AvgIpc) is 3.28. The molecule has 8 rings (SSSR count). The van der Waals surface area contributed by atoms with Crippen molar-refractivity contribution in [1.82, 2.24) is 0 Å². The van der Waals surface area contributed by atoms with E-state index in [4.69, 9.17) is 44.8 Å². The molecule has 0 aromatic carbocycles. The summed E-state index contributed by atoms with van der Waals surface area (Å²) in [6.07, 6.45) is 7.07. The molecule has 0 bridgehead atoms. The Morgan fingerprint density at radius 1 is 0.750 bits per heavy atom. The van der Waals surface area contributed by atoms with E-state index in [0.717, 1.165) is 57.8 Å². The van der Waals surface area contributed by atoms with Crippen molar-refractivity contribution in [2.45, 2.75) is 224 Å².